The van der Waals surface area contributed by atoms with Crippen molar-refractivity contribution < 1.29 is 47.8 Å². The number of benzene rings is 2. The molecule has 0 saturated carbocycles. The van der Waals surface area contributed by atoms with Crippen molar-refractivity contribution in [1.82, 2.24) is 35.3 Å². The number of nitrogens with zero attached hydrogens (tertiary/aromatic N) is 6. The first-order chi connectivity index (χ1) is 30.5. The summed E-state index contributed by atoms with van der Waals surface area (Å²) in [5, 5.41) is 11.2. The van der Waals surface area contributed by atoms with E-state index in [1.54, 1.807) is 48.3 Å². The number of imide groups is 2. The van der Waals surface area contributed by atoms with Gasteiger partial charge in [0, 0.05) is 69.7 Å². The molecule has 0 aliphatic carbocycles. The predicted octanol–water partition coefficient (Wildman–Crippen LogP) is 0.948. The first-order valence-electron chi connectivity index (χ1n) is 20.9. The second-order valence-electron chi connectivity index (χ2n) is 15.3. The number of anilines is 4. The predicted molar refractivity (Wildman–Crippen MR) is 227 cm³/mol. The third-order valence-corrected chi connectivity index (χ3v) is 11.1. The van der Waals surface area contributed by atoms with Crippen molar-refractivity contribution in [1.29, 1.82) is 0 Å². The number of hydrogen-bond acceptors (Lipinski definition) is 15. The van der Waals surface area contributed by atoms with E-state index in [0.29, 0.717) is 82.0 Å². The molecule has 8 amide bonds. The zero-order chi connectivity index (χ0) is 44.5. The quantitative estimate of drug-likeness (QED) is 0.0783. The van der Waals surface area contributed by atoms with E-state index in [9.17, 15) is 33.6 Å². The average Bonchev–Trinajstić information content (AvgIpc) is 3.75. The lowest BCUT2D eigenvalue weighted by molar-refractivity contribution is -0.136. The van der Waals surface area contributed by atoms with Crippen LogP contribution in [0.1, 0.15) is 67.2 Å². The number of fused-ring (bicyclic) bond motifs is 1. The summed E-state index contributed by atoms with van der Waals surface area (Å²) in [6, 6.07) is 10.6. The van der Waals surface area contributed by atoms with Crippen molar-refractivity contribution in [2.24, 2.45) is 5.73 Å². The van der Waals surface area contributed by atoms with Crippen LogP contribution in [-0.2, 0) is 23.8 Å². The summed E-state index contributed by atoms with van der Waals surface area (Å²) in [7, 11) is 1.80. The summed E-state index contributed by atoms with van der Waals surface area (Å²) >= 11 is 0. The minimum absolute atomic E-state index is 0.0228. The Morgan fingerprint density at radius 1 is 0.873 bits per heavy atom. The van der Waals surface area contributed by atoms with E-state index in [1.807, 2.05) is 4.90 Å². The third kappa shape index (κ3) is 10.5. The van der Waals surface area contributed by atoms with E-state index >= 15 is 0 Å². The second-order valence-corrected chi connectivity index (χ2v) is 15.3. The molecule has 21 nitrogen and oxygen atoms in total. The fourth-order valence-corrected chi connectivity index (χ4v) is 7.87. The summed E-state index contributed by atoms with van der Waals surface area (Å²) in [5.41, 5.74) is 7.41. The first kappa shape index (κ1) is 44.3. The van der Waals surface area contributed by atoms with Crippen LogP contribution in [0.5, 0.6) is 0 Å². The number of rotatable bonds is 20. The molecule has 1 unspecified atom stereocenters. The minimum Gasteiger partial charge on any atom is -0.382 e. The van der Waals surface area contributed by atoms with E-state index in [1.165, 1.54) is 12.3 Å². The molecular weight excluding hydrogens is 819 g/mol. The maximum atomic E-state index is 13.2. The fourth-order valence-electron chi connectivity index (χ4n) is 7.87. The van der Waals surface area contributed by atoms with Crippen molar-refractivity contribution in [3.05, 3.63) is 71.0 Å². The molecule has 2 atom stereocenters. The maximum absolute atomic E-state index is 13.2. The lowest BCUT2D eigenvalue weighted by Gasteiger charge is -2.37. The summed E-state index contributed by atoms with van der Waals surface area (Å²) in [5.74, 6) is -2.53. The number of hydrogen-bond donors (Lipinski definition) is 5. The number of aromatic nitrogens is 2. The lowest BCUT2D eigenvalue weighted by atomic mass is 10.0. The van der Waals surface area contributed by atoms with E-state index in [0.717, 1.165) is 24.3 Å². The molecule has 7 rings (SSSR count). The van der Waals surface area contributed by atoms with Crippen LogP contribution in [0.25, 0.3) is 0 Å². The topological polar surface area (TPSA) is 260 Å². The van der Waals surface area contributed by atoms with Gasteiger partial charge in [0.25, 0.3) is 23.6 Å². The molecule has 3 aromatic rings. The number of likely N-dealkylation sites (N-methyl/N-ethyl adjacent to an activating group) is 1. The maximum Gasteiger partial charge on any atom is 0.320 e. The van der Waals surface area contributed by atoms with Gasteiger partial charge in [-0.2, -0.15) is 0 Å². The van der Waals surface area contributed by atoms with Gasteiger partial charge in [0.2, 0.25) is 11.8 Å². The van der Waals surface area contributed by atoms with Gasteiger partial charge in [-0.3, -0.25) is 39.0 Å². The number of nitrogens with two attached hydrogens (primary N) is 1. The Labute approximate surface area is 363 Å². The van der Waals surface area contributed by atoms with E-state index in [4.69, 9.17) is 24.9 Å². The molecule has 21 heteroatoms. The molecule has 3 saturated heterocycles. The first-order valence-corrected chi connectivity index (χ1v) is 20.9. The van der Waals surface area contributed by atoms with Crippen molar-refractivity contribution in [2.45, 2.75) is 37.8 Å². The van der Waals surface area contributed by atoms with Gasteiger partial charge in [-0.1, -0.05) is 6.07 Å². The van der Waals surface area contributed by atoms with Crippen LogP contribution < -0.4 is 31.9 Å². The van der Waals surface area contributed by atoms with E-state index < -0.39 is 35.6 Å². The van der Waals surface area contributed by atoms with Crippen molar-refractivity contribution in [2.75, 3.05) is 101 Å². The van der Waals surface area contributed by atoms with Crippen LogP contribution >= 0.6 is 0 Å². The highest BCUT2D eigenvalue weighted by Crippen LogP contribution is 2.32. The Bertz CT molecular complexity index is 2220. The number of urea groups is 1. The number of amides is 8. The van der Waals surface area contributed by atoms with Crippen LogP contribution in [0.3, 0.4) is 0 Å². The van der Waals surface area contributed by atoms with Gasteiger partial charge in [0.15, 0.2) is 11.5 Å². The van der Waals surface area contributed by atoms with Crippen molar-refractivity contribution >= 4 is 64.5 Å². The summed E-state index contributed by atoms with van der Waals surface area (Å²) in [4.78, 5) is 103. The molecule has 63 heavy (non-hydrogen) atoms. The van der Waals surface area contributed by atoms with Crippen molar-refractivity contribution in [3.63, 3.8) is 0 Å². The molecule has 4 aliphatic heterocycles. The standard InChI is InChI=1S/C42H51N11O10/c1-50-16-17-52(42(50)60)28-4-3-15-51(25-28)32-24-46-35(36(43)55)37(48-32)47-27-9-7-26(8-10-27)38(56)45-14-19-62-21-23-63-22-20-61-18-13-44-30-6-2-5-29-34(30)41(59)53(40(29)58)31-11-12-33(54)49-39(31)57/h2,5-10,24,28,31,44H,3-4,11-23,25H2,1H3,(H2,43,55)(H,45,56)(H,47,48)(H,49,54,57)/t28-,31?/m1/s1. The summed E-state index contributed by atoms with van der Waals surface area (Å²) in [6.45, 7) is 5.15. The monoisotopic (exact) mass is 869 g/mol. The smallest absolute Gasteiger partial charge is 0.320 e. The molecule has 5 heterocycles. The van der Waals surface area contributed by atoms with Gasteiger partial charge in [-0.25, -0.2) is 14.8 Å². The fraction of sp³-hybridized carbons (Fsp3) is 0.452. The van der Waals surface area contributed by atoms with Crippen molar-refractivity contribution in [3.8, 4) is 0 Å². The summed E-state index contributed by atoms with van der Waals surface area (Å²) < 4.78 is 16.7. The molecule has 3 fully saturated rings. The largest absolute Gasteiger partial charge is 0.382 e. The second kappa shape index (κ2) is 20.4. The van der Waals surface area contributed by atoms with Gasteiger partial charge in [-0.05, 0) is 55.7 Å². The van der Waals surface area contributed by atoms with Crippen LogP contribution in [-0.4, -0.2) is 164 Å². The highest BCUT2D eigenvalue weighted by molar-refractivity contribution is 6.25. The lowest BCUT2D eigenvalue weighted by Crippen LogP contribution is -2.54. The highest BCUT2D eigenvalue weighted by Gasteiger charge is 2.45. The number of ether oxygens (including phenoxy) is 3. The Hall–Kier alpha value is -6.71. The molecule has 6 N–H and O–H groups in total. The minimum atomic E-state index is -1.04. The number of primary amides is 1. The SMILES string of the molecule is CN1CCN([C@@H]2CCCN(c3cnc(C(N)=O)c(Nc4ccc(C(=O)NCCOCCOCCOCCNc5cccc6c5C(=O)N(C5CCC(=O)NC5=O)C6=O)cc4)n3)C2)C1=O. The van der Waals surface area contributed by atoms with Gasteiger partial charge in [0.1, 0.15) is 11.9 Å². The van der Waals surface area contributed by atoms with Crippen LogP contribution in [0.2, 0.25) is 0 Å². The number of piperidine rings is 2. The zero-order valence-corrected chi connectivity index (χ0v) is 34.9. The van der Waals surface area contributed by atoms with E-state index in [-0.39, 0.29) is 66.6 Å². The Balaban J connectivity index is 0.758. The zero-order valence-electron chi connectivity index (χ0n) is 34.9. The van der Waals surface area contributed by atoms with Gasteiger partial charge < -0.3 is 50.6 Å². The molecule has 4 aliphatic rings. The summed E-state index contributed by atoms with van der Waals surface area (Å²) in [6.07, 6.45) is 3.42. The molecule has 334 valence electrons. The average molecular weight is 870 g/mol. The van der Waals surface area contributed by atoms with Gasteiger partial charge in [-0.15, -0.1) is 0 Å². The molecule has 2 aromatic carbocycles. The van der Waals surface area contributed by atoms with Crippen LogP contribution in [0, 0.1) is 0 Å². The van der Waals surface area contributed by atoms with E-state index in [2.05, 4.69) is 31.2 Å². The van der Waals surface area contributed by atoms with Crippen LogP contribution in [0.15, 0.2) is 48.7 Å². The molecule has 1 aromatic heterocycles. The Morgan fingerprint density at radius 2 is 1.60 bits per heavy atom. The number of carbonyl (C=O) groups excluding carboxylic acids is 7. The highest BCUT2D eigenvalue weighted by atomic mass is 16.5. The van der Waals surface area contributed by atoms with Crippen LogP contribution in [0.4, 0.5) is 27.8 Å². The normalized spacial score (nSPS) is 18.8. The molecular formula is C42H51N11O10. The molecule has 0 radical (unpaired) electrons. The Kier molecular flexibility index (Phi) is 14.4. The number of nitrogens with one attached hydrogen (secondary N) is 4. The molecule has 0 spiro atoms. The van der Waals surface area contributed by atoms with Gasteiger partial charge in [0.05, 0.1) is 63.0 Å². The third-order valence-electron chi connectivity index (χ3n) is 11.1. The Morgan fingerprint density at radius 3 is 2.30 bits per heavy atom. The molecule has 0 bridgehead atoms. The number of carbonyl (C=O) groups is 7. The van der Waals surface area contributed by atoms with Gasteiger partial charge >= 0.3 is 6.03 Å².